The molecular formula is C21H29N4O2S+. The molecule has 150 valence electrons. The van der Waals surface area contributed by atoms with Gasteiger partial charge in [0.15, 0.2) is 11.9 Å². The Morgan fingerprint density at radius 2 is 1.96 bits per heavy atom. The smallest absolute Gasteiger partial charge is 0.235 e. The van der Waals surface area contributed by atoms with Crippen LogP contribution in [0.4, 0.5) is 0 Å². The van der Waals surface area contributed by atoms with E-state index in [2.05, 4.69) is 29.1 Å². The van der Waals surface area contributed by atoms with Crippen LogP contribution in [-0.4, -0.2) is 39.4 Å². The van der Waals surface area contributed by atoms with E-state index >= 15 is 0 Å². The quantitative estimate of drug-likeness (QED) is 0.667. The molecule has 4 rings (SSSR count). The molecule has 0 bridgehead atoms. The van der Waals surface area contributed by atoms with Crippen molar-refractivity contribution in [2.45, 2.75) is 46.1 Å². The lowest BCUT2D eigenvalue weighted by Crippen LogP contribution is -3.13. The van der Waals surface area contributed by atoms with Gasteiger partial charge >= 0.3 is 0 Å². The van der Waals surface area contributed by atoms with E-state index in [1.54, 1.807) is 15.9 Å². The summed E-state index contributed by atoms with van der Waals surface area (Å²) in [6.45, 7) is 9.21. The Kier molecular flexibility index (Phi) is 5.55. The highest BCUT2D eigenvalue weighted by Crippen LogP contribution is 2.36. The Bertz CT molecular complexity index is 926. The van der Waals surface area contributed by atoms with Crippen LogP contribution in [0.5, 0.6) is 11.6 Å². The van der Waals surface area contributed by atoms with Crippen molar-refractivity contribution in [3.05, 3.63) is 40.5 Å². The predicted molar refractivity (Wildman–Crippen MR) is 110 cm³/mol. The molecule has 1 saturated heterocycles. The van der Waals surface area contributed by atoms with Gasteiger partial charge in [-0.1, -0.05) is 25.2 Å². The van der Waals surface area contributed by atoms with Crippen molar-refractivity contribution >= 4 is 16.3 Å². The summed E-state index contributed by atoms with van der Waals surface area (Å²) in [4.78, 5) is 7.78. The highest BCUT2D eigenvalue weighted by atomic mass is 32.1. The fourth-order valence-corrected chi connectivity index (χ4v) is 5.21. The van der Waals surface area contributed by atoms with Crippen LogP contribution in [0.25, 0.3) is 4.96 Å². The maximum absolute atomic E-state index is 11.0. The molecule has 1 aromatic carbocycles. The molecule has 0 aliphatic carbocycles. The van der Waals surface area contributed by atoms with Crippen molar-refractivity contribution in [2.75, 3.05) is 19.7 Å². The second kappa shape index (κ2) is 8.09. The minimum atomic E-state index is 0.0850. The number of hydrogen-bond donors (Lipinski definition) is 2. The number of thiazole rings is 1. The fourth-order valence-electron chi connectivity index (χ4n) is 4.05. The number of quaternary nitrogens is 1. The number of rotatable bonds is 6. The van der Waals surface area contributed by atoms with E-state index in [1.165, 1.54) is 23.3 Å². The van der Waals surface area contributed by atoms with Gasteiger partial charge in [0, 0.05) is 12.0 Å². The zero-order chi connectivity index (χ0) is 19.7. The number of aromatic nitrogens is 3. The summed E-state index contributed by atoms with van der Waals surface area (Å²) in [6.07, 6.45) is 3.19. The second-order valence-corrected chi connectivity index (χ2v) is 8.65. The van der Waals surface area contributed by atoms with E-state index in [0.29, 0.717) is 6.61 Å². The largest absolute Gasteiger partial charge is 0.494 e. The van der Waals surface area contributed by atoms with E-state index in [9.17, 15) is 5.11 Å². The van der Waals surface area contributed by atoms with Crippen LogP contribution >= 0.6 is 11.3 Å². The average Bonchev–Trinajstić information content (AvgIpc) is 3.24. The molecule has 3 heterocycles. The molecule has 7 heteroatoms. The number of ether oxygens (including phenoxy) is 1. The van der Waals surface area contributed by atoms with Crippen LogP contribution in [0.3, 0.4) is 0 Å². The summed E-state index contributed by atoms with van der Waals surface area (Å²) in [5.74, 6) is 2.65. The highest BCUT2D eigenvalue weighted by molar-refractivity contribution is 7.17. The van der Waals surface area contributed by atoms with Gasteiger partial charge in [-0.05, 0) is 49.9 Å². The zero-order valence-electron chi connectivity index (χ0n) is 16.8. The summed E-state index contributed by atoms with van der Waals surface area (Å²) >= 11 is 1.56. The van der Waals surface area contributed by atoms with Gasteiger partial charge in [-0.25, -0.2) is 4.98 Å². The van der Waals surface area contributed by atoms with Crippen molar-refractivity contribution in [1.82, 2.24) is 14.6 Å². The first kappa shape index (κ1) is 19.2. The molecule has 1 aliphatic heterocycles. The van der Waals surface area contributed by atoms with Crippen LogP contribution in [0.15, 0.2) is 24.3 Å². The van der Waals surface area contributed by atoms with Gasteiger partial charge in [0.05, 0.1) is 19.7 Å². The maximum atomic E-state index is 11.0. The van der Waals surface area contributed by atoms with Crippen molar-refractivity contribution in [3.63, 3.8) is 0 Å². The van der Waals surface area contributed by atoms with Gasteiger partial charge < -0.3 is 14.7 Å². The lowest BCUT2D eigenvalue weighted by molar-refractivity contribution is -0.931. The predicted octanol–water partition coefficient (Wildman–Crippen LogP) is 2.86. The molecule has 1 aliphatic rings. The third-order valence-corrected chi connectivity index (χ3v) is 6.76. The number of fused-ring (bicyclic) bond motifs is 1. The standard InChI is InChI=1S/C21H28N4O2S/c1-4-17-22-21-25(23-17)20(26)19(28-21)18(24-12-10-14(3)11-13-24)15-6-8-16(9-7-15)27-5-2/h6-9,14,18,26H,4-5,10-13H2,1-3H3/p+1/t18-/m0/s1. The normalized spacial score (nSPS) is 21.1. The topological polar surface area (TPSA) is 64.1 Å². The lowest BCUT2D eigenvalue weighted by Gasteiger charge is -2.33. The number of nitrogens with one attached hydrogen (secondary N) is 1. The monoisotopic (exact) mass is 401 g/mol. The number of benzene rings is 1. The van der Waals surface area contributed by atoms with E-state index in [4.69, 9.17) is 4.74 Å². The maximum Gasteiger partial charge on any atom is 0.235 e. The summed E-state index contributed by atoms with van der Waals surface area (Å²) in [7, 11) is 0. The summed E-state index contributed by atoms with van der Waals surface area (Å²) < 4.78 is 7.22. The SMILES string of the molecule is CCOc1ccc([C@@H](c2sc3nc(CC)nn3c2O)[NH+]2CCC(C)CC2)cc1. The molecule has 28 heavy (non-hydrogen) atoms. The van der Waals surface area contributed by atoms with Gasteiger partial charge in [0.2, 0.25) is 10.8 Å². The summed E-state index contributed by atoms with van der Waals surface area (Å²) in [5, 5.41) is 15.4. The van der Waals surface area contributed by atoms with Gasteiger partial charge in [-0.2, -0.15) is 4.52 Å². The van der Waals surface area contributed by atoms with Crippen molar-refractivity contribution in [2.24, 2.45) is 5.92 Å². The number of aryl methyl sites for hydroxylation is 1. The number of hydrogen-bond acceptors (Lipinski definition) is 5. The van der Waals surface area contributed by atoms with Crippen LogP contribution in [0, 0.1) is 5.92 Å². The second-order valence-electron chi connectivity index (χ2n) is 7.64. The Balaban J connectivity index is 1.74. The van der Waals surface area contributed by atoms with Gasteiger partial charge in [-0.15, -0.1) is 5.10 Å². The lowest BCUT2D eigenvalue weighted by atomic mass is 9.95. The van der Waals surface area contributed by atoms with Crippen LogP contribution in [-0.2, 0) is 6.42 Å². The van der Waals surface area contributed by atoms with E-state index < -0.39 is 0 Å². The first-order valence-corrected chi connectivity index (χ1v) is 11.1. The molecule has 1 fully saturated rings. The van der Waals surface area contributed by atoms with Crippen molar-refractivity contribution in [3.8, 4) is 11.6 Å². The van der Waals surface area contributed by atoms with Gasteiger partial charge in [0.1, 0.15) is 10.6 Å². The third-order valence-electron chi connectivity index (χ3n) is 5.67. The molecule has 6 nitrogen and oxygen atoms in total. The van der Waals surface area contributed by atoms with Crippen LogP contribution in [0.2, 0.25) is 0 Å². The number of piperidine rings is 1. The first-order chi connectivity index (χ1) is 13.6. The van der Waals surface area contributed by atoms with E-state index in [-0.39, 0.29) is 11.9 Å². The van der Waals surface area contributed by atoms with Gasteiger partial charge in [-0.3, -0.25) is 0 Å². The minimum absolute atomic E-state index is 0.0850. The molecule has 0 amide bonds. The molecular weight excluding hydrogens is 372 g/mol. The molecule has 3 aromatic rings. The molecule has 0 unspecified atom stereocenters. The Morgan fingerprint density at radius 1 is 1.25 bits per heavy atom. The van der Waals surface area contributed by atoms with Crippen LogP contribution < -0.4 is 9.64 Å². The Labute approximate surface area is 169 Å². The number of aromatic hydroxyl groups is 1. The van der Waals surface area contributed by atoms with E-state index in [1.807, 2.05) is 26.0 Å². The first-order valence-electron chi connectivity index (χ1n) is 10.2. The third kappa shape index (κ3) is 3.61. The molecule has 0 saturated carbocycles. The Hall–Kier alpha value is -2.12. The molecule has 0 spiro atoms. The summed E-state index contributed by atoms with van der Waals surface area (Å²) in [6, 6.07) is 8.41. The molecule has 1 atom stereocenters. The molecule has 0 radical (unpaired) electrons. The van der Waals surface area contributed by atoms with Crippen LogP contribution in [0.1, 0.15) is 55.9 Å². The molecule has 2 N–H and O–H groups in total. The fraction of sp³-hybridized carbons (Fsp3) is 0.524. The minimum Gasteiger partial charge on any atom is -0.494 e. The van der Waals surface area contributed by atoms with Crippen molar-refractivity contribution in [1.29, 1.82) is 0 Å². The average molecular weight is 402 g/mol. The molecule has 2 aromatic heterocycles. The Morgan fingerprint density at radius 3 is 2.57 bits per heavy atom. The number of nitrogens with zero attached hydrogens (tertiary/aromatic N) is 3. The van der Waals surface area contributed by atoms with E-state index in [0.717, 1.165) is 46.8 Å². The number of likely N-dealkylation sites (tertiary alicyclic amines) is 1. The highest BCUT2D eigenvalue weighted by Gasteiger charge is 2.34. The summed E-state index contributed by atoms with van der Waals surface area (Å²) in [5.41, 5.74) is 1.20. The van der Waals surface area contributed by atoms with Gasteiger partial charge in [0.25, 0.3) is 0 Å². The van der Waals surface area contributed by atoms with Crippen molar-refractivity contribution < 1.29 is 14.7 Å². The zero-order valence-corrected chi connectivity index (χ0v) is 17.6.